The maximum atomic E-state index is 13.4. The minimum absolute atomic E-state index is 0.0186. The summed E-state index contributed by atoms with van der Waals surface area (Å²) in [5.74, 6) is -2.27. The molecule has 7 heteroatoms. The molecule has 1 aliphatic heterocycles. The lowest BCUT2D eigenvalue weighted by Crippen LogP contribution is -2.41. The van der Waals surface area contributed by atoms with Crippen LogP contribution in [0.3, 0.4) is 0 Å². The molecule has 7 nitrogen and oxygen atoms in total. The Bertz CT molecular complexity index is 1240. The standard InChI is InChI=1S/C29H33N3O4/c1-7-35-27(33)24-23(19-11-13-20(14-12-19)29(4,5)6)22(17-30)26(31)32(25(24)28(34)36-8-2)21-15-9-18(3)10-16-21/h9-16,23H,7-8,31H2,1-6H3. The van der Waals surface area contributed by atoms with E-state index in [2.05, 4.69) is 26.8 Å². The highest BCUT2D eigenvalue weighted by Gasteiger charge is 2.43. The molecular formula is C29H33N3O4. The summed E-state index contributed by atoms with van der Waals surface area (Å²) in [5, 5.41) is 10.2. The number of nitrogens with two attached hydrogens (primary N) is 1. The van der Waals surface area contributed by atoms with Gasteiger partial charge in [0.05, 0.1) is 36.3 Å². The lowest BCUT2D eigenvalue weighted by atomic mass is 9.79. The molecule has 0 fully saturated rings. The van der Waals surface area contributed by atoms with Crippen molar-refractivity contribution in [2.45, 2.75) is 52.9 Å². The number of nitriles is 1. The van der Waals surface area contributed by atoms with Crippen molar-refractivity contribution in [2.24, 2.45) is 5.73 Å². The third-order valence-corrected chi connectivity index (χ3v) is 6.06. The van der Waals surface area contributed by atoms with Crippen molar-refractivity contribution in [2.75, 3.05) is 18.1 Å². The molecule has 0 saturated heterocycles. The summed E-state index contributed by atoms with van der Waals surface area (Å²) in [6.07, 6.45) is 0. The van der Waals surface area contributed by atoms with Crippen LogP contribution in [0.4, 0.5) is 5.69 Å². The molecule has 0 radical (unpaired) electrons. The summed E-state index contributed by atoms with van der Waals surface area (Å²) in [6.45, 7) is 11.8. The van der Waals surface area contributed by atoms with Gasteiger partial charge in [-0.2, -0.15) is 5.26 Å². The van der Waals surface area contributed by atoms with Gasteiger partial charge in [0.25, 0.3) is 0 Å². The highest BCUT2D eigenvalue weighted by molar-refractivity contribution is 6.06. The van der Waals surface area contributed by atoms with Crippen LogP contribution in [0.2, 0.25) is 0 Å². The van der Waals surface area contributed by atoms with Gasteiger partial charge in [0, 0.05) is 5.69 Å². The number of carbonyl (C=O) groups is 2. The minimum atomic E-state index is -0.899. The number of esters is 2. The molecule has 1 aliphatic rings. The van der Waals surface area contributed by atoms with Crippen molar-refractivity contribution in [1.29, 1.82) is 5.26 Å². The van der Waals surface area contributed by atoms with Gasteiger partial charge >= 0.3 is 11.9 Å². The fourth-order valence-corrected chi connectivity index (χ4v) is 4.21. The smallest absolute Gasteiger partial charge is 0.355 e. The van der Waals surface area contributed by atoms with Gasteiger partial charge in [-0.25, -0.2) is 9.59 Å². The van der Waals surface area contributed by atoms with E-state index in [1.54, 1.807) is 26.0 Å². The van der Waals surface area contributed by atoms with Gasteiger partial charge in [0.2, 0.25) is 0 Å². The summed E-state index contributed by atoms with van der Waals surface area (Å²) in [4.78, 5) is 28.2. The highest BCUT2D eigenvalue weighted by Crippen LogP contribution is 2.43. The van der Waals surface area contributed by atoms with Crippen LogP contribution in [0.15, 0.2) is 71.2 Å². The summed E-state index contributed by atoms with van der Waals surface area (Å²) in [6, 6.07) is 17.1. The van der Waals surface area contributed by atoms with Gasteiger partial charge in [0.15, 0.2) is 0 Å². The van der Waals surface area contributed by atoms with Crippen LogP contribution in [0.1, 0.15) is 57.2 Å². The molecule has 0 saturated carbocycles. The second-order valence-corrected chi connectivity index (χ2v) is 9.59. The van der Waals surface area contributed by atoms with E-state index in [-0.39, 0.29) is 41.3 Å². The maximum absolute atomic E-state index is 13.4. The minimum Gasteiger partial charge on any atom is -0.463 e. The van der Waals surface area contributed by atoms with E-state index in [9.17, 15) is 14.9 Å². The van der Waals surface area contributed by atoms with Crippen LogP contribution in [0, 0.1) is 18.3 Å². The number of nitrogens with zero attached hydrogens (tertiary/aromatic N) is 2. The number of rotatable bonds is 6. The summed E-state index contributed by atoms with van der Waals surface area (Å²) in [7, 11) is 0. The summed E-state index contributed by atoms with van der Waals surface area (Å²) < 4.78 is 10.8. The predicted octanol–water partition coefficient (Wildman–Crippen LogP) is 4.97. The molecule has 2 aromatic carbocycles. The molecular weight excluding hydrogens is 454 g/mol. The maximum Gasteiger partial charge on any atom is 0.355 e. The van der Waals surface area contributed by atoms with Gasteiger partial charge in [0.1, 0.15) is 11.5 Å². The highest BCUT2D eigenvalue weighted by atomic mass is 16.5. The SMILES string of the molecule is CCOC(=O)C1=C(C(=O)OCC)N(c2ccc(C)cc2)C(N)=C(C#N)C1c1ccc(C(C)(C)C)cc1. The Labute approximate surface area is 212 Å². The number of hydrogen-bond donors (Lipinski definition) is 1. The van der Waals surface area contributed by atoms with Crippen molar-refractivity contribution >= 4 is 17.6 Å². The molecule has 0 aliphatic carbocycles. The van der Waals surface area contributed by atoms with Gasteiger partial charge in [-0.05, 0) is 49.4 Å². The topological polar surface area (TPSA) is 106 Å². The molecule has 1 heterocycles. The molecule has 2 N–H and O–H groups in total. The van der Waals surface area contributed by atoms with Gasteiger partial charge < -0.3 is 15.2 Å². The Morgan fingerprint density at radius 2 is 1.53 bits per heavy atom. The Morgan fingerprint density at radius 1 is 0.972 bits per heavy atom. The third kappa shape index (κ3) is 5.13. The summed E-state index contributed by atoms with van der Waals surface area (Å²) in [5.41, 5.74) is 9.87. The van der Waals surface area contributed by atoms with Crippen LogP contribution in [-0.2, 0) is 24.5 Å². The third-order valence-electron chi connectivity index (χ3n) is 6.06. The van der Waals surface area contributed by atoms with Crippen LogP contribution in [0.5, 0.6) is 0 Å². The number of carbonyl (C=O) groups excluding carboxylic acids is 2. The van der Waals surface area contributed by atoms with Crippen molar-refractivity contribution < 1.29 is 19.1 Å². The number of allylic oxidation sites excluding steroid dienone is 1. The molecule has 2 aromatic rings. The Hall–Kier alpha value is -4.05. The van der Waals surface area contributed by atoms with Crippen LogP contribution in [0.25, 0.3) is 0 Å². The zero-order chi connectivity index (χ0) is 26.6. The van der Waals surface area contributed by atoms with Gasteiger partial charge in [-0.1, -0.05) is 62.7 Å². The molecule has 0 bridgehead atoms. The number of aryl methyl sites for hydroxylation is 1. The first-order chi connectivity index (χ1) is 17.0. The molecule has 0 amide bonds. The quantitative estimate of drug-likeness (QED) is 0.573. The largest absolute Gasteiger partial charge is 0.463 e. The fourth-order valence-electron chi connectivity index (χ4n) is 4.21. The molecule has 188 valence electrons. The molecule has 1 atom stereocenters. The number of anilines is 1. The molecule has 0 spiro atoms. The predicted molar refractivity (Wildman–Crippen MR) is 139 cm³/mol. The van der Waals surface area contributed by atoms with E-state index in [1.807, 2.05) is 43.3 Å². The molecule has 3 rings (SSSR count). The van der Waals surface area contributed by atoms with Crippen molar-refractivity contribution in [3.05, 3.63) is 87.9 Å². The van der Waals surface area contributed by atoms with E-state index in [4.69, 9.17) is 15.2 Å². The normalized spacial score (nSPS) is 16.0. The number of ether oxygens (including phenoxy) is 2. The van der Waals surface area contributed by atoms with E-state index >= 15 is 0 Å². The van der Waals surface area contributed by atoms with Crippen molar-refractivity contribution in [3.8, 4) is 6.07 Å². The zero-order valence-electron chi connectivity index (χ0n) is 21.7. The zero-order valence-corrected chi connectivity index (χ0v) is 21.7. The first-order valence-corrected chi connectivity index (χ1v) is 12.0. The Morgan fingerprint density at radius 3 is 2.03 bits per heavy atom. The summed E-state index contributed by atoms with van der Waals surface area (Å²) >= 11 is 0. The first kappa shape index (κ1) is 26.6. The number of benzene rings is 2. The van der Waals surface area contributed by atoms with E-state index in [0.29, 0.717) is 11.3 Å². The van der Waals surface area contributed by atoms with Crippen LogP contribution < -0.4 is 10.6 Å². The van der Waals surface area contributed by atoms with Crippen molar-refractivity contribution in [3.63, 3.8) is 0 Å². The number of hydrogen-bond acceptors (Lipinski definition) is 7. The van der Waals surface area contributed by atoms with Crippen LogP contribution >= 0.6 is 0 Å². The van der Waals surface area contributed by atoms with Gasteiger partial charge in [-0.15, -0.1) is 0 Å². The molecule has 36 heavy (non-hydrogen) atoms. The lowest BCUT2D eigenvalue weighted by Gasteiger charge is -2.36. The van der Waals surface area contributed by atoms with E-state index < -0.39 is 17.9 Å². The van der Waals surface area contributed by atoms with Crippen molar-refractivity contribution in [1.82, 2.24) is 0 Å². The Kier molecular flexibility index (Phi) is 7.89. The second-order valence-electron chi connectivity index (χ2n) is 9.59. The van der Waals surface area contributed by atoms with E-state index in [0.717, 1.165) is 11.1 Å². The molecule has 0 aromatic heterocycles. The fraction of sp³-hybridized carbons (Fsp3) is 0.345. The average molecular weight is 488 g/mol. The van der Waals surface area contributed by atoms with Crippen LogP contribution in [-0.4, -0.2) is 25.2 Å². The van der Waals surface area contributed by atoms with Gasteiger partial charge in [-0.3, -0.25) is 4.90 Å². The lowest BCUT2D eigenvalue weighted by molar-refractivity contribution is -0.142. The second kappa shape index (κ2) is 10.7. The average Bonchev–Trinajstić information content (AvgIpc) is 2.83. The van der Waals surface area contributed by atoms with E-state index in [1.165, 1.54) is 4.90 Å². The molecule has 1 unspecified atom stereocenters. The first-order valence-electron chi connectivity index (χ1n) is 12.0. The monoisotopic (exact) mass is 487 g/mol. The Balaban J connectivity index is 2.36.